The van der Waals surface area contributed by atoms with Gasteiger partial charge in [0.2, 0.25) is 0 Å². The fourth-order valence-electron chi connectivity index (χ4n) is 3.00. The van der Waals surface area contributed by atoms with Gasteiger partial charge in [0.15, 0.2) is 6.10 Å². The molecule has 0 N–H and O–H groups in total. The summed E-state index contributed by atoms with van der Waals surface area (Å²) in [6.45, 7) is 4.54. The molecule has 1 fully saturated rings. The van der Waals surface area contributed by atoms with Crippen LogP contribution in [-0.4, -0.2) is 50.2 Å². The normalized spacial score (nSPS) is 15.5. The summed E-state index contributed by atoms with van der Waals surface area (Å²) in [6, 6.07) is 13.6. The Balaban J connectivity index is 1.53. The number of rotatable bonds is 5. The van der Waals surface area contributed by atoms with Crippen LogP contribution in [0.2, 0.25) is 0 Å². The Morgan fingerprint density at radius 2 is 1.54 bits per heavy atom. The average Bonchev–Trinajstić information content (AvgIpc) is 2.69. The van der Waals surface area contributed by atoms with Crippen LogP contribution in [0, 0.1) is 5.82 Å². The number of anilines is 1. The van der Waals surface area contributed by atoms with Gasteiger partial charge in [-0.1, -0.05) is 0 Å². The Kier molecular flexibility index (Phi) is 5.61. The Hall–Kier alpha value is -2.76. The van der Waals surface area contributed by atoms with Crippen LogP contribution in [0.3, 0.4) is 0 Å². The van der Waals surface area contributed by atoms with Gasteiger partial charge in [0.05, 0.1) is 7.11 Å². The Bertz CT molecular complexity index is 726. The number of amides is 1. The molecule has 2 aromatic carbocycles. The third kappa shape index (κ3) is 4.25. The fourth-order valence-corrected chi connectivity index (χ4v) is 3.00. The van der Waals surface area contributed by atoms with Crippen LogP contribution in [-0.2, 0) is 4.79 Å². The number of carbonyl (C=O) groups is 1. The number of ether oxygens (including phenoxy) is 2. The van der Waals surface area contributed by atoms with Crippen molar-refractivity contribution in [3.05, 3.63) is 54.3 Å². The summed E-state index contributed by atoms with van der Waals surface area (Å²) >= 11 is 0. The summed E-state index contributed by atoms with van der Waals surface area (Å²) in [5.74, 6) is 0.938. The third-order valence-electron chi connectivity index (χ3n) is 4.50. The van der Waals surface area contributed by atoms with Crippen LogP contribution in [0.25, 0.3) is 0 Å². The Labute approximate surface area is 152 Å². The highest BCUT2D eigenvalue weighted by Gasteiger charge is 2.26. The molecule has 138 valence electrons. The van der Waals surface area contributed by atoms with E-state index in [1.54, 1.807) is 14.0 Å². The second kappa shape index (κ2) is 8.08. The minimum absolute atomic E-state index is 0.0521. The summed E-state index contributed by atoms with van der Waals surface area (Å²) in [5.41, 5.74) is 1.12. The van der Waals surface area contributed by atoms with Crippen molar-refractivity contribution in [2.75, 3.05) is 38.2 Å². The first-order valence-electron chi connectivity index (χ1n) is 8.67. The predicted molar refractivity (Wildman–Crippen MR) is 98.3 cm³/mol. The van der Waals surface area contributed by atoms with Crippen molar-refractivity contribution in [3.8, 4) is 11.5 Å². The van der Waals surface area contributed by atoms with Gasteiger partial charge in [0.1, 0.15) is 17.3 Å². The number of halogens is 1. The lowest BCUT2D eigenvalue weighted by molar-refractivity contribution is -0.138. The van der Waals surface area contributed by atoms with E-state index >= 15 is 0 Å². The molecule has 1 unspecified atom stereocenters. The second-order valence-electron chi connectivity index (χ2n) is 6.22. The van der Waals surface area contributed by atoms with Gasteiger partial charge in [-0.05, 0) is 55.5 Å². The summed E-state index contributed by atoms with van der Waals surface area (Å²) in [6.07, 6.45) is -0.604. The summed E-state index contributed by atoms with van der Waals surface area (Å²) in [5, 5.41) is 0. The predicted octanol–water partition coefficient (Wildman–Crippen LogP) is 2.95. The van der Waals surface area contributed by atoms with E-state index in [-0.39, 0.29) is 11.7 Å². The van der Waals surface area contributed by atoms with Gasteiger partial charge in [-0.3, -0.25) is 4.79 Å². The van der Waals surface area contributed by atoms with Gasteiger partial charge in [0, 0.05) is 31.9 Å². The molecule has 6 heteroatoms. The highest BCUT2D eigenvalue weighted by Crippen LogP contribution is 2.21. The van der Waals surface area contributed by atoms with Crippen LogP contribution in [0.4, 0.5) is 10.1 Å². The van der Waals surface area contributed by atoms with E-state index in [4.69, 9.17) is 9.47 Å². The van der Waals surface area contributed by atoms with Gasteiger partial charge >= 0.3 is 0 Å². The quantitative estimate of drug-likeness (QED) is 0.824. The highest BCUT2D eigenvalue weighted by molar-refractivity contribution is 5.81. The van der Waals surface area contributed by atoms with Crippen LogP contribution < -0.4 is 14.4 Å². The largest absolute Gasteiger partial charge is 0.497 e. The van der Waals surface area contributed by atoms with Crippen molar-refractivity contribution in [2.24, 2.45) is 0 Å². The molecule has 26 heavy (non-hydrogen) atoms. The number of hydrogen-bond acceptors (Lipinski definition) is 4. The number of nitrogens with zero attached hydrogens (tertiary/aromatic N) is 2. The lowest BCUT2D eigenvalue weighted by atomic mass is 10.2. The van der Waals surface area contributed by atoms with Gasteiger partial charge in [0.25, 0.3) is 5.91 Å². The molecule has 2 aromatic rings. The molecule has 0 aliphatic carbocycles. The van der Waals surface area contributed by atoms with E-state index in [1.807, 2.05) is 29.2 Å². The number of benzene rings is 2. The molecule has 0 saturated carbocycles. The van der Waals surface area contributed by atoms with E-state index in [0.717, 1.165) is 24.5 Å². The first-order chi connectivity index (χ1) is 12.6. The van der Waals surface area contributed by atoms with Crippen LogP contribution >= 0.6 is 0 Å². The van der Waals surface area contributed by atoms with Crippen molar-refractivity contribution in [3.63, 3.8) is 0 Å². The van der Waals surface area contributed by atoms with Crippen molar-refractivity contribution < 1.29 is 18.7 Å². The number of piperazine rings is 1. The topological polar surface area (TPSA) is 42.0 Å². The minimum Gasteiger partial charge on any atom is -0.497 e. The van der Waals surface area contributed by atoms with E-state index in [1.165, 1.54) is 24.3 Å². The standard InChI is InChI=1S/C20H23FN2O3/c1-15(26-19-7-3-16(21)4-8-19)20(24)23-13-11-22(12-14-23)17-5-9-18(25-2)10-6-17/h3-10,15H,11-14H2,1-2H3. The van der Waals surface area contributed by atoms with E-state index in [9.17, 15) is 9.18 Å². The molecule has 1 atom stereocenters. The smallest absolute Gasteiger partial charge is 0.263 e. The van der Waals surface area contributed by atoms with Crippen molar-refractivity contribution in [1.82, 2.24) is 4.90 Å². The Morgan fingerprint density at radius 1 is 0.962 bits per heavy atom. The molecule has 5 nitrogen and oxygen atoms in total. The van der Waals surface area contributed by atoms with E-state index < -0.39 is 6.10 Å². The fraction of sp³-hybridized carbons (Fsp3) is 0.350. The van der Waals surface area contributed by atoms with E-state index in [0.29, 0.717) is 18.8 Å². The first-order valence-corrected chi connectivity index (χ1v) is 8.67. The monoisotopic (exact) mass is 358 g/mol. The molecule has 1 aliphatic rings. The average molecular weight is 358 g/mol. The SMILES string of the molecule is COc1ccc(N2CCN(C(=O)C(C)Oc3ccc(F)cc3)CC2)cc1. The zero-order valence-corrected chi connectivity index (χ0v) is 15.0. The minimum atomic E-state index is -0.604. The zero-order chi connectivity index (χ0) is 18.5. The maximum Gasteiger partial charge on any atom is 0.263 e. The summed E-state index contributed by atoms with van der Waals surface area (Å²) in [4.78, 5) is 16.6. The first kappa shape index (κ1) is 18.0. The molecule has 0 spiro atoms. The maximum absolute atomic E-state index is 13.0. The number of carbonyl (C=O) groups excluding carboxylic acids is 1. The van der Waals surface area contributed by atoms with E-state index in [2.05, 4.69) is 4.90 Å². The molecule has 1 heterocycles. The molecular weight excluding hydrogens is 335 g/mol. The van der Waals surface area contributed by atoms with Gasteiger partial charge in [-0.15, -0.1) is 0 Å². The zero-order valence-electron chi connectivity index (χ0n) is 15.0. The molecule has 1 amide bonds. The summed E-state index contributed by atoms with van der Waals surface area (Å²) in [7, 11) is 1.65. The van der Waals surface area contributed by atoms with Crippen LogP contribution in [0.5, 0.6) is 11.5 Å². The van der Waals surface area contributed by atoms with Crippen LogP contribution in [0.15, 0.2) is 48.5 Å². The second-order valence-corrected chi connectivity index (χ2v) is 6.22. The van der Waals surface area contributed by atoms with Crippen LogP contribution in [0.1, 0.15) is 6.92 Å². The molecule has 0 radical (unpaired) electrons. The molecule has 0 aromatic heterocycles. The van der Waals surface area contributed by atoms with Crippen molar-refractivity contribution in [2.45, 2.75) is 13.0 Å². The number of hydrogen-bond donors (Lipinski definition) is 0. The lowest BCUT2D eigenvalue weighted by Gasteiger charge is -2.37. The summed E-state index contributed by atoms with van der Waals surface area (Å²) < 4.78 is 23.8. The molecule has 1 aliphatic heterocycles. The van der Waals surface area contributed by atoms with Gasteiger partial charge < -0.3 is 19.3 Å². The third-order valence-corrected chi connectivity index (χ3v) is 4.50. The highest BCUT2D eigenvalue weighted by atomic mass is 19.1. The molecule has 3 rings (SSSR count). The van der Waals surface area contributed by atoms with Crippen molar-refractivity contribution in [1.29, 1.82) is 0 Å². The lowest BCUT2D eigenvalue weighted by Crippen LogP contribution is -2.52. The molecule has 0 bridgehead atoms. The molecule has 1 saturated heterocycles. The number of methoxy groups -OCH3 is 1. The van der Waals surface area contributed by atoms with Gasteiger partial charge in [-0.2, -0.15) is 0 Å². The maximum atomic E-state index is 13.0. The van der Waals surface area contributed by atoms with Crippen molar-refractivity contribution >= 4 is 11.6 Å². The Morgan fingerprint density at radius 3 is 2.12 bits per heavy atom. The molecular formula is C20H23FN2O3. The van der Waals surface area contributed by atoms with Gasteiger partial charge in [-0.25, -0.2) is 4.39 Å².